The van der Waals surface area contributed by atoms with Gasteiger partial charge in [-0.15, -0.1) is 0 Å². The average Bonchev–Trinajstić information content (AvgIpc) is 3.78. The zero-order valence-electron chi connectivity index (χ0n) is 32.5. The van der Waals surface area contributed by atoms with Gasteiger partial charge in [0.05, 0.1) is 16.4 Å². The molecule has 0 N–H and O–H groups in total. The summed E-state index contributed by atoms with van der Waals surface area (Å²) in [5.74, 6) is 0. The van der Waals surface area contributed by atoms with Gasteiger partial charge in [0.2, 0.25) is 0 Å². The lowest BCUT2D eigenvalue weighted by Crippen LogP contribution is -2.28. The predicted octanol–water partition coefficient (Wildman–Crippen LogP) is 15.6. The van der Waals surface area contributed by atoms with Crippen LogP contribution in [0.3, 0.4) is 0 Å². The van der Waals surface area contributed by atoms with E-state index in [0.717, 1.165) is 27.2 Å². The third-order valence-corrected chi connectivity index (χ3v) is 12.1. The van der Waals surface area contributed by atoms with Crippen LogP contribution in [0, 0.1) is 0 Å². The molecule has 0 saturated carbocycles. The van der Waals surface area contributed by atoms with Gasteiger partial charge in [0, 0.05) is 38.0 Å². The maximum Gasteiger partial charge on any atom is 0.0714 e. The summed E-state index contributed by atoms with van der Waals surface area (Å²) >= 11 is 3.99. The lowest BCUT2D eigenvalue weighted by molar-refractivity contribution is 0.768. The first-order chi connectivity index (χ1) is 28.7. The molecule has 278 valence electrons. The molecule has 1 aliphatic carbocycles. The van der Waals surface area contributed by atoms with Crippen LogP contribution >= 0.6 is 15.9 Å². The van der Waals surface area contributed by atoms with Gasteiger partial charge < -0.3 is 9.47 Å². The maximum atomic E-state index is 3.99. The number of para-hydroxylation sites is 2. The van der Waals surface area contributed by atoms with Gasteiger partial charge >= 0.3 is 0 Å². The molecule has 0 fully saturated rings. The monoisotopic (exact) mass is 808 g/mol. The van der Waals surface area contributed by atoms with Crippen LogP contribution in [0.25, 0.3) is 49.4 Å². The highest BCUT2D eigenvalue weighted by Crippen LogP contribution is 2.57. The predicted molar refractivity (Wildman–Crippen MR) is 249 cm³/mol. The topological polar surface area (TPSA) is 8.17 Å². The Bertz CT molecular complexity index is 3020. The Hall–Kier alpha value is -6.68. The number of benzene rings is 9. The van der Waals surface area contributed by atoms with Crippen LogP contribution in [0.4, 0.5) is 17.1 Å². The number of hydrogen-bond donors (Lipinski definition) is 0. The van der Waals surface area contributed by atoms with Crippen LogP contribution in [0.5, 0.6) is 0 Å². The quantitative estimate of drug-likeness (QED) is 0.162. The van der Waals surface area contributed by atoms with Crippen molar-refractivity contribution in [1.29, 1.82) is 0 Å². The molecule has 0 radical (unpaired) electrons. The molecule has 58 heavy (non-hydrogen) atoms. The Labute approximate surface area is 348 Å². The van der Waals surface area contributed by atoms with E-state index in [0.29, 0.717) is 0 Å². The van der Waals surface area contributed by atoms with E-state index in [9.17, 15) is 0 Å². The molecule has 3 heteroatoms. The lowest BCUT2D eigenvalue weighted by Gasteiger charge is -2.35. The lowest BCUT2D eigenvalue weighted by atomic mass is 9.67. The summed E-state index contributed by atoms with van der Waals surface area (Å²) in [5.41, 5.74) is 13.8. The fraction of sp³-hybridized carbons (Fsp3) is 0.0545. The fourth-order valence-electron chi connectivity index (χ4n) is 9.35. The van der Waals surface area contributed by atoms with E-state index >= 15 is 0 Å². The second kappa shape index (κ2) is 14.7. The van der Waals surface area contributed by atoms with E-state index < -0.39 is 5.41 Å². The minimum absolute atomic E-state index is 0.509. The van der Waals surface area contributed by atoms with Gasteiger partial charge in [-0.2, -0.15) is 0 Å². The van der Waals surface area contributed by atoms with Crippen molar-refractivity contribution in [2.24, 2.45) is 0 Å². The Morgan fingerprint density at radius 2 is 0.948 bits per heavy atom. The second-order valence-corrected chi connectivity index (χ2v) is 15.6. The molecule has 1 heterocycles. The third kappa shape index (κ3) is 5.61. The van der Waals surface area contributed by atoms with Gasteiger partial charge in [-0.1, -0.05) is 188 Å². The number of anilines is 3. The van der Waals surface area contributed by atoms with Crippen molar-refractivity contribution < 1.29 is 0 Å². The summed E-state index contributed by atoms with van der Waals surface area (Å²) < 4.78 is 3.40. The van der Waals surface area contributed by atoms with E-state index in [4.69, 9.17) is 0 Å². The number of rotatable bonds is 6. The summed E-state index contributed by atoms with van der Waals surface area (Å²) in [4.78, 5) is 2.43. The number of fused-ring (bicyclic) bond motifs is 7. The van der Waals surface area contributed by atoms with Crippen LogP contribution in [-0.2, 0) is 5.41 Å². The van der Waals surface area contributed by atoms with Crippen molar-refractivity contribution in [3.63, 3.8) is 0 Å². The van der Waals surface area contributed by atoms with E-state index in [2.05, 4.69) is 238 Å². The van der Waals surface area contributed by atoms with Crippen molar-refractivity contribution in [3.8, 4) is 16.8 Å². The Balaban J connectivity index is 0.00000201. The summed E-state index contributed by atoms with van der Waals surface area (Å²) in [5, 5.41) is 4.90. The highest BCUT2D eigenvalue weighted by molar-refractivity contribution is 9.10. The summed E-state index contributed by atoms with van der Waals surface area (Å²) in [6.07, 6.45) is 0. The Morgan fingerprint density at radius 3 is 1.64 bits per heavy atom. The van der Waals surface area contributed by atoms with Crippen molar-refractivity contribution in [2.75, 3.05) is 4.90 Å². The molecule has 1 aliphatic rings. The number of halogens is 1. The molecule has 0 bridgehead atoms. The Morgan fingerprint density at radius 1 is 0.414 bits per heavy atom. The third-order valence-electron chi connectivity index (χ3n) is 11.7. The summed E-state index contributed by atoms with van der Waals surface area (Å²) in [6.45, 7) is 4.00. The maximum absolute atomic E-state index is 3.99. The van der Waals surface area contributed by atoms with E-state index in [1.54, 1.807) is 0 Å². The van der Waals surface area contributed by atoms with Crippen LogP contribution in [-0.4, -0.2) is 4.57 Å². The molecule has 0 atom stereocenters. The Kier molecular flexibility index (Phi) is 9.04. The van der Waals surface area contributed by atoms with Crippen molar-refractivity contribution in [1.82, 2.24) is 4.57 Å². The van der Waals surface area contributed by atoms with Crippen LogP contribution < -0.4 is 4.90 Å². The molecular weight excluding hydrogens is 769 g/mol. The zero-order valence-corrected chi connectivity index (χ0v) is 34.1. The van der Waals surface area contributed by atoms with Crippen molar-refractivity contribution >= 4 is 65.6 Å². The van der Waals surface area contributed by atoms with Gasteiger partial charge in [-0.25, -0.2) is 0 Å². The van der Waals surface area contributed by atoms with E-state index in [1.165, 1.54) is 66.0 Å². The van der Waals surface area contributed by atoms with Crippen LogP contribution in [0.1, 0.15) is 36.1 Å². The molecule has 10 aromatic rings. The van der Waals surface area contributed by atoms with Crippen molar-refractivity contribution in [3.05, 3.63) is 239 Å². The molecular formula is C55H41BrN2. The summed E-state index contributed by atoms with van der Waals surface area (Å²) in [7, 11) is 0. The number of hydrogen-bond acceptors (Lipinski definition) is 1. The van der Waals surface area contributed by atoms with Gasteiger partial charge in [-0.3, -0.25) is 0 Å². The molecule has 11 rings (SSSR count). The summed E-state index contributed by atoms with van der Waals surface area (Å²) in [6, 6.07) is 77.8. The molecule has 0 saturated heterocycles. The molecule has 0 unspecified atom stereocenters. The number of nitrogens with zero attached hydrogens (tertiary/aromatic N) is 2. The van der Waals surface area contributed by atoms with Crippen LogP contribution in [0.15, 0.2) is 217 Å². The molecule has 0 aliphatic heterocycles. The number of aromatic nitrogens is 1. The fourth-order valence-corrected chi connectivity index (χ4v) is 9.82. The molecule has 9 aromatic carbocycles. The normalized spacial score (nSPS) is 12.5. The van der Waals surface area contributed by atoms with E-state index in [-0.39, 0.29) is 0 Å². The standard InChI is InChI=1S/C53H35BrN2.C2H6/c54-40-32-43(34-44(33-40)56-51-25-13-10-22-47(51)48-23-11-14-26-52(48)56)55(41-28-27-36-15-7-8-16-37(36)31-41)42-29-30-46-45-21-9-12-24-49(45)53(50(46)35-42,38-17-3-1-4-18-38)39-19-5-2-6-20-39;1-2/h1-35H;1-2H3. The van der Waals surface area contributed by atoms with Gasteiger partial charge in [0.1, 0.15) is 0 Å². The van der Waals surface area contributed by atoms with Crippen LogP contribution in [0.2, 0.25) is 0 Å². The van der Waals surface area contributed by atoms with Gasteiger partial charge in [0.25, 0.3) is 0 Å². The first-order valence-electron chi connectivity index (χ1n) is 20.1. The van der Waals surface area contributed by atoms with Gasteiger partial charge in [-0.05, 0) is 98.8 Å². The minimum Gasteiger partial charge on any atom is -0.310 e. The molecule has 2 nitrogen and oxygen atoms in total. The molecule has 1 aromatic heterocycles. The highest BCUT2D eigenvalue weighted by Gasteiger charge is 2.46. The first-order valence-corrected chi connectivity index (χ1v) is 20.9. The SMILES string of the molecule is Brc1cc(N(c2ccc3c(c2)C(c2ccccc2)(c2ccccc2)c2ccccc2-3)c2ccc3ccccc3c2)cc(-n2c3ccccc3c3ccccc32)c1.CC. The molecule has 0 amide bonds. The first kappa shape index (κ1) is 35.7. The smallest absolute Gasteiger partial charge is 0.0714 e. The van der Waals surface area contributed by atoms with Crippen molar-refractivity contribution in [2.45, 2.75) is 19.3 Å². The van der Waals surface area contributed by atoms with Gasteiger partial charge in [0.15, 0.2) is 0 Å². The largest absolute Gasteiger partial charge is 0.310 e. The van der Waals surface area contributed by atoms with E-state index in [1.807, 2.05) is 13.8 Å². The minimum atomic E-state index is -0.509. The highest BCUT2D eigenvalue weighted by atomic mass is 79.9. The average molecular weight is 810 g/mol. The molecule has 0 spiro atoms. The second-order valence-electron chi connectivity index (χ2n) is 14.7. The zero-order chi connectivity index (χ0) is 39.2.